The summed E-state index contributed by atoms with van der Waals surface area (Å²) in [5, 5.41) is 0. The van der Waals surface area contributed by atoms with Crippen LogP contribution in [0.3, 0.4) is 0 Å². The van der Waals surface area contributed by atoms with Gasteiger partial charge in [-0.2, -0.15) is 0 Å². The quantitative estimate of drug-likeness (QED) is 0.718. The van der Waals surface area contributed by atoms with Crippen LogP contribution in [0.4, 0.5) is 4.39 Å². The van der Waals surface area contributed by atoms with Crippen LogP contribution in [-0.4, -0.2) is 27.4 Å². The molecule has 0 aliphatic heterocycles. The smallest absolute Gasteiger partial charge is 0.183 e. The summed E-state index contributed by atoms with van der Waals surface area (Å²) in [7, 11) is -3.59. The van der Waals surface area contributed by atoms with E-state index < -0.39 is 15.7 Å². The van der Waals surface area contributed by atoms with Crippen molar-refractivity contribution in [2.45, 2.75) is 25.2 Å². The molecule has 0 saturated heterocycles. The molecule has 0 spiro atoms. The summed E-state index contributed by atoms with van der Waals surface area (Å²) in [6.07, 6.45) is 0.889. The molecular formula is C13H19FO3S. The fraction of sp³-hybridized carbons (Fsp3) is 0.538. The van der Waals surface area contributed by atoms with Crippen molar-refractivity contribution in [1.29, 1.82) is 0 Å². The first kappa shape index (κ1) is 15.1. The van der Waals surface area contributed by atoms with Gasteiger partial charge in [-0.1, -0.05) is 26.0 Å². The van der Waals surface area contributed by atoms with E-state index in [4.69, 9.17) is 4.74 Å². The summed E-state index contributed by atoms with van der Waals surface area (Å²) in [4.78, 5) is -0.252. The molecular weight excluding hydrogens is 255 g/mol. The predicted molar refractivity (Wildman–Crippen MR) is 68.7 cm³/mol. The lowest BCUT2D eigenvalue weighted by Gasteiger charge is -2.07. The maximum atomic E-state index is 13.3. The molecule has 0 aromatic heterocycles. The largest absolute Gasteiger partial charge is 0.380 e. The molecule has 0 fully saturated rings. The number of benzene rings is 1. The highest BCUT2D eigenvalue weighted by Gasteiger charge is 2.18. The second-order valence-electron chi connectivity index (χ2n) is 4.54. The Kier molecular flexibility index (Phi) is 5.75. The van der Waals surface area contributed by atoms with E-state index in [9.17, 15) is 12.8 Å². The first-order valence-corrected chi connectivity index (χ1v) is 7.64. The van der Waals surface area contributed by atoms with Gasteiger partial charge in [0.25, 0.3) is 0 Å². The minimum atomic E-state index is -3.59. The summed E-state index contributed by atoms with van der Waals surface area (Å²) < 4.78 is 42.2. The van der Waals surface area contributed by atoms with Gasteiger partial charge >= 0.3 is 0 Å². The van der Waals surface area contributed by atoms with Gasteiger partial charge in [0.15, 0.2) is 9.84 Å². The highest BCUT2D eigenvalue weighted by molar-refractivity contribution is 7.91. The fourth-order valence-electron chi connectivity index (χ4n) is 1.40. The minimum Gasteiger partial charge on any atom is -0.380 e. The van der Waals surface area contributed by atoms with Crippen LogP contribution in [0, 0.1) is 11.7 Å². The number of hydrogen-bond acceptors (Lipinski definition) is 3. The third-order valence-electron chi connectivity index (χ3n) is 2.51. The lowest BCUT2D eigenvalue weighted by atomic mass is 10.1. The lowest BCUT2D eigenvalue weighted by molar-refractivity contribution is 0.137. The van der Waals surface area contributed by atoms with Crippen molar-refractivity contribution in [2.24, 2.45) is 5.92 Å². The second-order valence-corrected chi connectivity index (χ2v) is 6.62. The van der Waals surface area contributed by atoms with Crippen molar-refractivity contribution >= 4 is 9.84 Å². The lowest BCUT2D eigenvalue weighted by Crippen LogP contribution is -2.14. The third-order valence-corrected chi connectivity index (χ3v) is 4.21. The van der Waals surface area contributed by atoms with Gasteiger partial charge in [-0.05, 0) is 24.5 Å². The van der Waals surface area contributed by atoms with Crippen molar-refractivity contribution in [1.82, 2.24) is 0 Å². The Morgan fingerprint density at radius 1 is 1.22 bits per heavy atom. The first-order chi connectivity index (χ1) is 8.43. The Morgan fingerprint density at radius 2 is 1.89 bits per heavy atom. The summed E-state index contributed by atoms with van der Waals surface area (Å²) in [6, 6.07) is 5.40. The van der Waals surface area contributed by atoms with Crippen LogP contribution in [0.1, 0.15) is 20.3 Å². The van der Waals surface area contributed by atoms with Crippen LogP contribution < -0.4 is 0 Å². The molecule has 0 radical (unpaired) electrons. The monoisotopic (exact) mass is 274 g/mol. The van der Waals surface area contributed by atoms with E-state index in [1.165, 1.54) is 18.2 Å². The van der Waals surface area contributed by atoms with Crippen molar-refractivity contribution in [3.63, 3.8) is 0 Å². The van der Waals surface area contributed by atoms with E-state index >= 15 is 0 Å². The van der Waals surface area contributed by atoms with Crippen LogP contribution in [0.2, 0.25) is 0 Å². The van der Waals surface area contributed by atoms with E-state index in [1.807, 2.05) is 0 Å². The van der Waals surface area contributed by atoms with Crippen molar-refractivity contribution < 1.29 is 17.5 Å². The zero-order chi connectivity index (χ0) is 13.6. The third kappa shape index (κ3) is 4.74. The van der Waals surface area contributed by atoms with Crippen LogP contribution in [0.25, 0.3) is 0 Å². The molecule has 1 aromatic rings. The molecule has 0 aliphatic rings. The Morgan fingerprint density at radius 3 is 2.50 bits per heavy atom. The normalized spacial score (nSPS) is 12.0. The zero-order valence-electron chi connectivity index (χ0n) is 10.7. The van der Waals surface area contributed by atoms with Crippen LogP contribution in [0.15, 0.2) is 29.2 Å². The van der Waals surface area contributed by atoms with E-state index in [0.29, 0.717) is 12.5 Å². The van der Waals surface area contributed by atoms with Gasteiger partial charge in [0.2, 0.25) is 0 Å². The maximum Gasteiger partial charge on any atom is 0.183 e. The topological polar surface area (TPSA) is 43.4 Å². The van der Waals surface area contributed by atoms with Crippen molar-refractivity contribution in [3.8, 4) is 0 Å². The number of rotatable bonds is 7. The summed E-state index contributed by atoms with van der Waals surface area (Å²) in [5.74, 6) is -0.376. The molecule has 0 saturated carbocycles. The standard InChI is InChI=1S/C13H19FO3S/c1-11(2)7-8-17-9-10-18(15,16)13-6-4-3-5-12(13)14/h3-6,11H,7-10H2,1-2H3. The molecule has 0 unspecified atom stereocenters. The predicted octanol–water partition coefficient (Wildman–Crippen LogP) is 2.66. The molecule has 102 valence electrons. The van der Waals surface area contributed by atoms with E-state index in [2.05, 4.69) is 13.8 Å². The maximum absolute atomic E-state index is 13.3. The number of hydrogen-bond donors (Lipinski definition) is 0. The molecule has 0 heterocycles. The molecule has 0 amide bonds. The molecule has 1 rings (SSSR count). The van der Waals surface area contributed by atoms with Crippen molar-refractivity contribution in [3.05, 3.63) is 30.1 Å². The Balaban J connectivity index is 2.49. The molecule has 0 bridgehead atoms. The SMILES string of the molecule is CC(C)CCOCCS(=O)(=O)c1ccccc1F. The van der Waals surface area contributed by atoms with Gasteiger partial charge in [-0.15, -0.1) is 0 Å². The van der Waals surface area contributed by atoms with Gasteiger partial charge in [0, 0.05) is 6.61 Å². The number of ether oxygens (including phenoxy) is 1. The average Bonchev–Trinajstić information content (AvgIpc) is 2.28. The van der Waals surface area contributed by atoms with Crippen LogP contribution in [-0.2, 0) is 14.6 Å². The molecule has 0 aliphatic carbocycles. The summed E-state index contributed by atoms with van der Waals surface area (Å²) in [5.41, 5.74) is 0. The highest BCUT2D eigenvalue weighted by Crippen LogP contribution is 2.15. The molecule has 0 atom stereocenters. The minimum absolute atomic E-state index is 0.101. The Bertz CT molecular complexity index is 469. The van der Waals surface area contributed by atoms with E-state index in [-0.39, 0.29) is 17.3 Å². The van der Waals surface area contributed by atoms with Crippen LogP contribution in [0.5, 0.6) is 0 Å². The Labute approximate surface area is 108 Å². The molecule has 18 heavy (non-hydrogen) atoms. The number of halogens is 1. The zero-order valence-corrected chi connectivity index (χ0v) is 11.5. The van der Waals surface area contributed by atoms with Gasteiger partial charge in [-0.3, -0.25) is 0 Å². The molecule has 3 nitrogen and oxygen atoms in total. The molecule has 5 heteroatoms. The van der Waals surface area contributed by atoms with Gasteiger partial charge < -0.3 is 4.74 Å². The van der Waals surface area contributed by atoms with Gasteiger partial charge in [0.05, 0.1) is 12.4 Å². The molecule has 1 aromatic carbocycles. The summed E-state index contributed by atoms with van der Waals surface area (Å²) >= 11 is 0. The highest BCUT2D eigenvalue weighted by atomic mass is 32.2. The first-order valence-electron chi connectivity index (χ1n) is 5.98. The van der Waals surface area contributed by atoms with E-state index in [0.717, 1.165) is 12.5 Å². The second kappa shape index (κ2) is 6.85. The van der Waals surface area contributed by atoms with Gasteiger partial charge in [-0.25, -0.2) is 12.8 Å². The number of sulfone groups is 1. The molecule has 0 N–H and O–H groups in total. The van der Waals surface area contributed by atoms with Crippen molar-refractivity contribution in [2.75, 3.05) is 19.0 Å². The Hall–Kier alpha value is -0.940. The summed E-state index contributed by atoms with van der Waals surface area (Å²) in [6.45, 7) is 4.77. The van der Waals surface area contributed by atoms with E-state index in [1.54, 1.807) is 0 Å². The fourth-order valence-corrected chi connectivity index (χ4v) is 2.60. The average molecular weight is 274 g/mol. The van der Waals surface area contributed by atoms with Crippen LogP contribution >= 0.6 is 0 Å². The van der Waals surface area contributed by atoms with Gasteiger partial charge in [0.1, 0.15) is 10.7 Å².